The summed E-state index contributed by atoms with van der Waals surface area (Å²) in [6.45, 7) is 1.82. The van der Waals surface area contributed by atoms with E-state index in [1.807, 2.05) is 6.92 Å². The van der Waals surface area contributed by atoms with Gasteiger partial charge in [0.1, 0.15) is 11.8 Å². The minimum absolute atomic E-state index is 0.0620. The lowest BCUT2D eigenvalue weighted by Crippen LogP contribution is -2.39. The molecule has 21 heavy (non-hydrogen) atoms. The number of pyridine rings is 1. The van der Waals surface area contributed by atoms with Crippen molar-refractivity contribution in [2.24, 2.45) is 0 Å². The summed E-state index contributed by atoms with van der Waals surface area (Å²) in [7, 11) is 1.57. The van der Waals surface area contributed by atoms with Gasteiger partial charge in [0.2, 0.25) is 0 Å². The van der Waals surface area contributed by atoms with Crippen LogP contribution in [-0.4, -0.2) is 24.3 Å². The molecule has 1 aliphatic rings. The van der Waals surface area contributed by atoms with E-state index in [0.717, 1.165) is 0 Å². The van der Waals surface area contributed by atoms with Gasteiger partial charge in [-0.2, -0.15) is 13.2 Å². The van der Waals surface area contributed by atoms with Crippen molar-refractivity contribution >= 4 is 0 Å². The van der Waals surface area contributed by atoms with Crippen molar-refractivity contribution < 1.29 is 22.6 Å². The summed E-state index contributed by atoms with van der Waals surface area (Å²) >= 11 is 0. The molecule has 0 saturated heterocycles. The molecule has 0 aromatic carbocycles. The number of rotatable bonds is 3. The first-order valence-corrected chi connectivity index (χ1v) is 6.70. The molecule has 114 valence electrons. The number of nitrogens with zero attached hydrogens (tertiary/aromatic N) is 1. The highest BCUT2D eigenvalue weighted by atomic mass is 19.4. The van der Waals surface area contributed by atoms with E-state index < -0.39 is 11.9 Å². The lowest BCUT2D eigenvalue weighted by molar-refractivity contribution is -0.144. The van der Waals surface area contributed by atoms with Crippen LogP contribution in [0.2, 0.25) is 0 Å². The number of methoxy groups -OCH3 is 1. The fourth-order valence-corrected chi connectivity index (χ4v) is 1.98. The van der Waals surface area contributed by atoms with Crippen LogP contribution in [0.15, 0.2) is 12.1 Å². The molecule has 1 heterocycles. The molecule has 1 aromatic heterocycles. The smallest absolute Gasteiger partial charge is 0.437 e. The molecule has 0 atom stereocenters. The number of alkyl halides is 3. The van der Waals surface area contributed by atoms with Gasteiger partial charge in [-0.15, -0.1) is 0 Å². The van der Waals surface area contributed by atoms with Crippen molar-refractivity contribution in [2.45, 2.75) is 44.6 Å². The molecule has 1 fully saturated rings. The van der Waals surface area contributed by atoms with Gasteiger partial charge in [0.15, 0.2) is 11.4 Å². The van der Waals surface area contributed by atoms with Gasteiger partial charge in [-0.3, -0.25) is 0 Å². The average molecular weight is 299 g/mol. The maximum absolute atomic E-state index is 13.1. The summed E-state index contributed by atoms with van der Waals surface area (Å²) < 4.78 is 49.6. The highest BCUT2D eigenvalue weighted by Crippen LogP contribution is 2.37. The van der Waals surface area contributed by atoms with Gasteiger partial charge in [-0.25, -0.2) is 4.98 Å². The molecular formula is C15H16F3NO2. The highest BCUT2D eigenvalue weighted by Gasteiger charge is 2.39. The van der Waals surface area contributed by atoms with E-state index >= 15 is 0 Å². The standard InChI is InChI=1S/C15H16F3NO2/c1-3-4-5-10-6-7-13(14(19-10)15(16,17)18)21-12-8-11(9-12)20-2/h6-7,11-12H,3,8-9H2,1-2H3. The zero-order chi connectivity index (χ0) is 15.5. The fraction of sp³-hybridized carbons (Fsp3) is 0.533. The van der Waals surface area contributed by atoms with Crippen LogP contribution in [0.5, 0.6) is 5.75 Å². The van der Waals surface area contributed by atoms with Crippen molar-refractivity contribution in [2.75, 3.05) is 7.11 Å². The first-order chi connectivity index (χ1) is 9.94. The van der Waals surface area contributed by atoms with Crippen molar-refractivity contribution in [3.05, 3.63) is 23.5 Å². The van der Waals surface area contributed by atoms with Gasteiger partial charge in [0, 0.05) is 26.4 Å². The molecule has 0 N–H and O–H groups in total. The first-order valence-electron chi connectivity index (χ1n) is 6.70. The van der Waals surface area contributed by atoms with E-state index in [-0.39, 0.29) is 23.7 Å². The molecule has 1 aliphatic carbocycles. The quantitative estimate of drug-likeness (QED) is 0.801. The second-order valence-electron chi connectivity index (χ2n) is 4.77. The van der Waals surface area contributed by atoms with Crippen LogP contribution in [0.4, 0.5) is 13.2 Å². The van der Waals surface area contributed by atoms with E-state index in [1.165, 1.54) is 12.1 Å². The third kappa shape index (κ3) is 3.88. The van der Waals surface area contributed by atoms with Crippen LogP contribution in [0, 0.1) is 11.8 Å². The second-order valence-corrected chi connectivity index (χ2v) is 4.77. The molecule has 0 radical (unpaired) electrons. The summed E-state index contributed by atoms with van der Waals surface area (Å²) in [6.07, 6.45) is -3.03. The molecule has 0 unspecified atom stereocenters. The molecule has 1 aromatic rings. The number of hydrogen-bond donors (Lipinski definition) is 0. The van der Waals surface area contributed by atoms with Crippen molar-refractivity contribution in [3.8, 4) is 17.6 Å². The molecule has 6 heteroatoms. The zero-order valence-corrected chi connectivity index (χ0v) is 11.8. The monoisotopic (exact) mass is 299 g/mol. The van der Waals surface area contributed by atoms with E-state index in [2.05, 4.69) is 16.8 Å². The highest BCUT2D eigenvalue weighted by molar-refractivity contribution is 5.37. The van der Waals surface area contributed by atoms with Gasteiger partial charge in [-0.05, 0) is 18.1 Å². The predicted molar refractivity (Wildman–Crippen MR) is 70.9 cm³/mol. The number of ether oxygens (including phenoxy) is 2. The Morgan fingerprint density at radius 1 is 1.29 bits per heavy atom. The maximum atomic E-state index is 13.1. The molecular weight excluding hydrogens is 283 g/mol. The Kier molecular flexibility index (Phi) is 4.73. The predicted octanol–water partition coefficient (Wildman–Crippen LogP) is 3.42. The first kappa shape index (κ1) is 15.6. The molecule has 2 rings (SSSR count). The Hall–Kier alpha value is -1.74. The lowest BCUT2D eigenvalue weighted by atomic mass is 9.92. The molecule has 0 spiro atoms. The van der Waals surface area contributed by atoms with Crippen LogP contribution in [0.25, 0.3) is 0 Å². The molecule has 0 bridgehead atoms. The zero-order valence-electron chi connectivity index (χ0n) is 11.8. The summed E-state index contributed by atoms with van der Waals surface area (Å²) in [5, 5.41) is 0. The van der Waals surface area contributed by atoms with Crippen molar-refractivity contribution in [1.82, 2.24) is 4.98 Å². The Labute approximate surface area is 121 Å². The maximum Gasteiger partial charge on any atom is 0.437 e. The third-order valence-electron chi connectivity index (χ3n) is 3.20. The third-order valence-corrected chi connectivity index (χ3v) is 3.20. The van der Waals surface area contributed by atoms with Gasteiger partial charge in [-0.1, -0.05) is 12.8 Å². The van der Waals surface area contributed by atoms with Crippen LogP contribution in [-0.2, 0) is 10.9 Å². The Balaban J connectivity index is 2.20. The molecule has 1 saturated carbocycles. The SMILES string of the molecule is CCC#Cc1ccc(OC2CC(OC)C2)c(C(F)(F)F)n1. The van der Waals surface area contributed by atoms with Crippen LogP contribution >= 0.6 is 0 Å². The minimum Gasteiger partial charge on any atom is -0.488 e. The van der Waals surface area contributed by atoms with E-state index in [4.69, 9.17) is 9.47 Å². The average Bonchev–Trinajstić information content (AvgIpc) is 2.39. The second kappa shape index (κ2) is 6.35. The Morgan fingerprint density at radius 2 is 2.00 bits per heavy atom. The van der Waals surface area contributed by atoms with Crippen LogP contribution < -0.4 is 4.74 Å². The summed E-state index contributed by atoms with van der Waals surface area (Å²) in [5.74, 6) is 5.05. The summed E-state index contributed by atoms with van der Waals surface area (Å²) in [5.41, 5.74) is -0.925. The molecule has 0 amide bonds. The van der Waals surface area contributed by atoms with Crippen LogP contribution in [0.3, 0.4) is 0 Å². The van der Waals surface area contributed by atoms with E-state index in [0.29, 0.717) is 19.3 Å². The van der Waals surface area contributed by atoms with Gasteiger partial charge in [0.05, 0.1) is 6.10 Å². The number of hydrogen-bond acceptors (Lipinski definition) is 3. The van der Waals surface area contributed by atoms with Crippen molar-refractivity contribution in [1.29, 1.82) is 0 Å². The lowest BCUT2D eigenvalue weighted by Gasteiger charge is -2.34. The van der Waals surface area contributed by atoms with Gasteiger partial charge >= 0.3 is 6.18 Å². The largest absolute Gasteiger partial charge is 0.488 e. The van der Waals surface area contributed by atoms with Crippen molar-refractivity contribution in [3.63, 3.8) is 0 Å². The Morgan fingerprint density at radius 3 is 2.57 bits per heavy atom. The number of halogens is 3. The fourth-order valence-electron chi connectivity index (χ4n) is 1.98. The Bertz CT molecular complexity index is 554. The van der Waals surface area contributed by atoms with E-state index in [1.54, 1.807) is 7.11 Å². The topological polar surface area (TPSA) is 31.4 Å². The normalized spacial score (nSPS) is 21.2. The molecule has 0 aliphatic heterocycles. The summed E-state index contributed by atoms with van der Waals surface area (Å²) in [6, 6.07) is 2.73. The summed E-state index contributed by atoms with van der Waals surface area (Å²) in [4.78, 5) is 3.58. The number of aromatic nitrogens is 1. The van der Waals surface area contributed by atoms with E-state index in [9.17, 15) is 13.2 Å². The van der Waals surface area contributed by atoms with Gasteiger partial charge < -0.3 is 9.47 Å². The minimum atomic E-state index is -4.57. The molecule has 3 nitrogen and oxygen atoms in total. The van der Waals surface area contributed by atoms with Gasteiger partial charge in [0.25, 0.3) is 0 Å². The van der Waals surface area contributed by atoms with Crippen LogP contribution in [0.1, 0.15) is 37.6 Å².